The van der Waals surface area contributed by atoms with Gasteiger partial charge >= 0.3 is 0 Å². The lowest BCUT2D eigenvalue weighted by Crippen LogP contribution is -2.00. The molecule has 0 aliphatic rings. The van der Waals surface area contributed by atoms with Crippen LogP contribution >= 0.6 is 0 Å². The van der Waals surface area contributed by atoms with E-state index in [2.05, 4.69) is 26.0 Å². The first-order valence-electron chi connectivity index (χ1n) is 5.20. The first-order valence-corrected chi connectivity index (χ1v) is 5.20. The summed E-state index contributed by atoms with van der Waals surface area (Å²) in [5.74, 6) is 3.03. The van der Waals surface area contributed by atoms with E-state index in [1.165, 1.54) is 6.20 Å². The molecule has 0 fully saturated rings. The van der Waals surface area contributed by atoms with E-state index in [9.17, 15) is 0 Å². The van der Waals surface area contributed by atoms with Gasteiger partial charge < -0.3 is 10.7 Å². The Morgan fingerprint density at radius 3 is 3.00 bits per heavy atom. The van der Waals surface area contributed by atoms with Crippen molar-refractivity contribution < 1.29 is 0 Å². The second-order valence-corrected chi connectivity index (χ2v) is 3.52. The molecule has 2 rings (SSSR count). The molecule has 18 heavy (non-hydrogen) atoms. The smallest absolute Gasteiger partial charge is 0.157 e. The van der Waals surface area contributed by atoms with E-state index >= 15 is 0 Å². The number of rotatable bonds is 3. The third-order valence-electron chi connectivity index (χ3n) is 2.17. The van der Waals surface area contributed by atoms with Crippen LogP contribution in [-0.4, -0.2) is 25.5 Å². The Balaban J connectivity index is 2.40. The van der Waals surface area contributed by atoms with Gasteiger partial charge in [-0.1, -0.05) is 5.92 Å². The summed E-state index contributed by atoms with van der Waals surface area (Å²) < 4.78 is 1.66. The van der Waals surface area contributed by atoms with Crippen molar-refractivity contribution in [2.24, 2.45) is 17.8 Å². The number of nitrogens with zero attached hydrogens (tertiary/aromatic N) is 4. The summed E-state index contributed by atoms with van der Waals surface area (Å²) in [5.41, 5.74) is 7.29. The van der Waals surface area contributed by atoms with Gasteiger partial charge in [0.1, 0.15) is 17.1 Å². The summed E-state index contributed by atoms with van der Waals surface area (Å²) in [6, 6.07) is 0. The maximum Gasteiger partial charge on any atom is 0.157 e. The van der Waals surface area contributed by atoms with Crippen molar-refractivity contribution in [2.45, 2.75) is 0 Å². The van der Waals surface area contributed by atoms with Crippen LogP contribution < -0.4 is 5.73 Å². The van der Waals surface area contributed by atoms with Crippen molar-refractivity contribution in [2.75, 3.05) is 0 Å². The Labute approximate surface area is 104 Å². The first kappa shape index (κ1) is 11.7. The average molecular weight is 240 g/mol. The molecule has 2 aromatic rings. The van der Waals surface area contributed by atoms with Gasteiger partial charge in [-0.15, -0.1) is 6.42 Å². The Morgan fingerprint density at radius 2 is 2.44 bits per heavy atom. The molecular formula is C12H12N6. The minimum atomic E-state index is 0.563. The molecule has 0 aliphatic carbocycles. The molecule has 2 aromatic heterocycles. The van der Waals surface area contributed by atoms with Gasteiger partial charge in [-0.3, -0.25) is 4.68 Å². The van der Waals surface area contributed by atoms with Gasteiger partial charge in [0, 0.05) is 7.05 Å². The highest BCUT2D eigenvalue weighted by atomic mass is 15.2. The number of aliphatic imine (C=N–C) groups is 1. The highest BCUT2D eigenvalue weighted by Gasteiger charge is 2.05. The van der Waals surface area contributed by atoms with E-state index in [0.29, 0.717) is 22.9 Å². The Bertz CT molecular complexity index is 638. The zero-order valence-electron chi connectivity index (χ0n) is 9.83. The van der Waals surface area contributed by atoms with Crippen LogP contribution in [0.25, 0.3) is 0 Å². The van der Waals surface area contributed by atoms with Crippen molar-refractivity contribution >= 4 is 11.4 Å². The van der Waals surface area contributed by atoms with Crippen LogP contribution in [0.15, 0.2) is 35.9 Å². The van der Waals surface area contributed by atoms with E-state index < -0.39 is 0 Å². The van der Waals surface area contributed by atoms with Gasteiger partial charge in [0.25, 0.3) is 0 Å². The topological polar surface area (TPSA) is 84.9 Å². The molecule has 0 radical (unpaired) electrons. The second-order valence-electron chi connectivity index (χ2n) is 3.52. The van der Waals surface area contributed by atoms with Crippen molar-refractivity contribution in [3.05, 3.63) is 42.4 Å². The number of aromatic amines is 1. The van der Waals surface area contributed by atoms with Crippen molar-refractivity contribution in [3.63, 3.8) is 0 Å². The van der Waals surface area contributed by atoms with Crippen molar-refractivity contribution in [1.82, 2.24) is 19.7 Å². The third-order valence-corrected chi connectivity index (χ3v) is 2.17. The fourth-order valence-corrected chi connectivity index (χ4v) is 1.39. The minimum absolute atomic E-state index is 0.563. The number of imidazole rings is 1. The monoisotopic (exact) mass is 240 g/mol. The van der Waals surface area contributed by atoms with Crippen LogP contribution in [0.1, 0.15) is 11.5 Å². The summed E-state index contributed by atoms with van der Waals surface area (Å²) in [6.45, 7) is 0. The predicted octanol–water partition coefficient (Wildman–Crippen LogP) is 0.718. The number of nitrogens with two attached hydrogens (primary N) is 1. The molecule has 0 saturated heterocycles. The summed E-state index contributed by atoms with van der Waals surface area (Å²) in [6.07, 6.45) is 13.3. The molecule has 0 aliphatic heterocycles. The molecule has 0 saturated carbocycles. The summed E-state index contributed by atoms with van der Waals surface area (Å²) >= 11 is 0. The van der Waals surface area contributed by atoms with Crippen molar-refractivity contribution in [1.29, 1.82) is 0 Å². The number of hydrogen-bond donors (Lipinski definition) is 2. The fraction of sp³-hybridized carbons (Fsp3) is 0.0833. The molecule has 0 atom stereocenters. The molecule has 90 valence electrons. The number of aryl methyl sites for hydroxylation is 1. The zero-order valence-corrected chi connectivity index (χ0v) is 9.83. The van der Waals surface area contributed by atoms with Crippen LogP contribution in [-0.2, 0) is 7.05 Å². The quantitative estimate of drug-likeness (QED) is 0.612. The molecular weight excluding hydrogens is 228 g/mol. The van der Waals surface area contributed by atoms with E-state index in [0.717, 1.165) is 0 Å². The van der Waals surface area contributed by atoms with Crippen LogP contribution in [0, 0.1) is 12.3 Å². The highest BCUT2D eigenvalue weighted by molar-refractivity contribution is 6.07. The standard InChI is InChI=1S/C12H12N6/c1-3-9-6-14-12(17-9)11(4-5-13)16-10-7-15-18(2)8-10/h1,4-8H,13H2,2H3,(H,14,17). The van der Waals surface area contributed by atoms with E-state index in [-0.39, 0.29) is 0 Å². The Hall–Kier alpha value is -2.81. The lowest BCUT2D eigenvalue weighted by atomic mass is 10.3. The zero-order chi connectivity index (χ0) is 13.0. The average Bonchev–Trinajstić information content (AvgIpc) is 2.97. The Kier molecular flexibility index (Phi) is 3.25. The molecule has 0 spiro atoms. The molecule has 0 aromatic carbocycles. The van der Waals surface area contributed by atoms with Gasteiger partial charge in [0.2, 0.25) is 0 Å². The van der Waals surface area contributed by atoms with Gasteiger partial charge in [-0.2, -0.15) is 5.10 Å². The molecule has 0 bridgehead atoms. The molecule has 0 amide bonds. The molecule has 2 heterocycles. The van der Waals surface area contributed by atoms with Crippen LogP contribution in [0.2, 0.25) is 0 Å². The van der Waals surface area contributed by atoms with Crippen molar-refractivity contribution in [3.8, 4) is 12.3 Å². The van der Waals surface area contributed by atoms with E-state index in [1.807, 2.05) is 7.05 Å². The number of hydrogen-bond acceptors (Lipinski definition) is 4. The Morgan fingerprint density at radius 1 is 1.61 bits per heavy atom. The summed E-state index contributed by atoms with van der Waals surface area (Å²) in [4.78, 5) is 11.5. The lowest BCUT2D eigenvalue weighted by Gasteiger charge is -1.95. The molecule has 6 nitrogen and oxygen atoms in total. The van der Waals surface area contributed by atoms with Gasteiger partial charge in [0.05, 0.1) is 18.6 Å². The molecule has 0 unspecified atom stereocenters. The lowest BCUT2D eigenvalue weighted by molar-refractivity contribution is 0.768. The van der Waals surface area contributed by atoms with E-state index in [1.54, 1.807) is 29.3 Å². The highest BCUT2D eigenvalue weighted by Crippen LogP contribution is 2.11. The normalized spacial score (nSPS) is 11.9. The van der Waals surface area contributed by atoms with Gasteiger partial charge in [0.15, 0.2) is 5.82 Å². The first-order chi connectivity index (χ1) is 8.72. The van der Waals surface area contributed by atoms with Crippen LogP contribution in [0.4, 0.5) is 5.69 Å². The minimum Gasteiger partial charge on any atom is -0.405 e. The predicted molar refractivity (Wildman–Crippen MR) is 69.3 cm³/mol. The third kappa shape index (κ3) is 2.47. The van der Waals surface area contributed by atoms with Gasteiger partial charge in [-0.05, 0) is 12.3 Å². The number of H-pyrrole nitrogens is 1. The SMILES string of the molecule is C#Cc1cnc(C(C=CN)=Nc2cnn(C)c2)[nH]1. The maximum absolute atomic E-state index is 5.40. The number of nitrogens with one attached hydrogen (secondary N) is 1. The molecule has 6 heteroatoms. The summed E-state index contributed by atoms with van der Waals surface area (Å²) in [7, 11) is 1.82. The molecule has 3 N–H and O–H groups in total. The van der Waals surface area contributed by atoms with Gasteiger partial charge in [-0.25, -0.2) is 9.98 Å². The van der Waals surface area contributed by atoms with E-state index in [4.69, 9.17) is 12.2 Å². The number of aromatic nitrogens is 4. The van der Waals surface area contributed by atoms with Crippen LogP contribution in [0.5, 0.6) is 0 Å². The number of allylic oxidation sites excluding steroid dienone is 1. The second kappa shape index (κ2) is 5.01. The number of terminal acetylenes is 1. The summed E-state index contributed by atoms with van der Waals surface area (Å²) in [5, 5.41) is 4.04. The van der Waals surface area contributed by atoms with Crippen LogP contribution in [0.3, 0.4) is 0 Å². The fourth-order valence-electron chi connectivity index (χ4n) is 1.39. The largest absolute Gasteiger partial charge is 0.405 e. The maximum atomic E-state index is 5.40.